The molecule has 0 aliphatic rings. The minimum atomic E-state index is -4.17. The summed E-state index contributed by atoms with van der Waals surface area (Å²) in [7, 11) is -4.17. The van der Waals surface area contributed by atoms with Crippen molar-refractivity contribution in [3.63, 3.8) is 0 Å². The topological polar surface area (TPSA) is 109 Å². The Labute approximate surface area is 189 Å². The van der Waals surface area contributed by atoms with Gasteiger partial charge in [-0.15, -0.1) is 11.3 Å². The molecule has 0 aliphatic heterocycles. The summed E-state index contributed by atoms with van der Waals surface area (Å²) < 4.78 is 41.1. The molecule has 0 saturated heterocycles. The van der Waals surface area contributed by atoms with Crippen molar-refractivity contribution in [3.8, 4) is 5.75 Å². The Morgan fingerprint density at radius 2 is 1.78 bits per heavy atom. The van der Waals surface area contributed by atoms with Crippen molar-refractivity contribution < 1.29 is 31.7 Å². The summed E-state index contributed by atoms with van der Waals surface area (Å²) in [6.45, 7) is 5.15. The molecule has 3 aromatic rings. The monoisotopic (exact) mass is 475 g/mol. The van der Waals surface area contributed by atoms with Gasteiger partial charge in [0.15, 0.2) is 5.75 Å². The number of para-hydroxylation sites is 1. The summed E-state index contributed by atoms with van der Waals surface area (Å²) >= 11 is 1.08. The van der Waals surface area contributed by atoms with Crippen LogP contribution in [0.25, 0.3) is 0 Å². The fourth-order valence-corrected chi connectivity index (χ4v) is 4.68. The average Bonchev–Trinajstić information content (AvgIpc) is 3.23. The molecule has 0 atom stereocenters. The lowest BCUT2D eigenvalue weighted by molar-refractivity contribution is 0.0466. The Morgan fingerprint density at radius 1 is 1.03 bits per heavy atom. The third-order valence-electron chi connectivity index (χ3n) is 4.27. The summed E-state index contributed by atoms with van der Waals surface area (Å²) in [5.41, 5.74) is 1.60. The number of carbonyl (C=O) groups is 2. The highest BCUT2D eigenvalue weighted by atomic mass is 32.2. The van der Waals surface area contributed by atoms with Gasteiger partial charge in [-0.2, -0.15) is 8.42 Å². The number of benzene rings is 2. The predicted molar refractivity (Wildman–Crippen MR) is 117 cm³/mol. The van der Waals surface area contributed by atoms with E-state index in [-0.39, 0.29) is 34.4 Å². The Kier molecular flexibility index (Phi) is 7.26. The first-order valence-electron chi connectivity index (χ1n) is 9.60. The van der Waals surface area contributed by atoms with Crippen LogP contribution < -0.4 is 4.18 Å². The van der Waals surface area contributed by atoms with Crippen LogP contribution in [0.5, 0.6) is 5.75 Å². The highest BCUT2D eigenvalue weighted by molar-refractivity contribution is 7.87. The van der Waals surface area contributed by atoms with Gasteiger partial charge in [0.2, 0.25) is 5.01 Å². The molecule has 2 aromatic carbocycles. The molecule has 0 aliphatic carbocycles. The molecule has 0 fully saturated rings. The average molecular weight is 476 g/mol. The van der Waals surface area contributed by atoms with E-state index in [1.54, 1.807) is 50.4 Å². The lowest BCUT2D eigenvalue weighted by atomic mass is 10.2. The first kappa shape index (κ1) is 23.4. The number of aromatic nitrogens is 1. The second-order valence-corrected chi connectivity index (χ2v) is 9.12. The van der Waals surface area contributed by atoms with Crippen LogP contribution in [0, 0.1) is 13.8 Å². The maximum atomic E-state index is 12.8. The zero-order chi connectivity index (χ0) is 23.3. The lowest BCUT2D eigenvalue weighted by Crippen LogP contribution is -2.15. The number of rotatable bonds is 8. The minimum absolute atomic E-state index is 0.0228. The van der Waals surface area contributed by atoms with Gasteiger partial charge < -0.3 is 13.7 Å². The molecule has 168 valence electrons. The van der Waals surface area contributed by atoms with E-state index in [1.165, 1.54) is 18.2 Å². The van der Waals surface area contributed by atoms with Crippen LogP contribution >= 0.6 is 11.3 Å². The molecule has 0 saturated carbocycles. The summed E-state index contributed by atoms with van der Waals surface area (Å²) in [6, 6.07) is 10.9. The number of hydrogen-bond donors (Lipinski definition) is 0. The predicted octanol–water partition coefficient (Wildman–Crippen LogP) is 4.06. The van der Waals surface area contributed by atoms with Crippen molar-refractivity contribution in [2.24, 2.45) is 0 Å². The Morgan fingerprint density at radius 3 is 2.53 bits per heavy atom. The van der Waals surface area contributed by atoms with Gasteiger partial charge in [0.25, 0.3) is 0 Å². The summed E-state index contributed by atoms with van der Waals surface area (Å²) in [5.74, 6) is -1.49. The fraction of sp³-hybridized carbons (Fsp3) is 0.227. The van der Waals surface area contributed by atoms with Gasteiger partial charge in [0.1, 0.15) is 17.1 Å². The van der Waals surface area contributed by atoms with Crippen LogP contribution in [0.3, 0.4) is 0 Å². The van der Waals surface area contributed by atoms with Gasteiger partial charge >= 0.3 is 22.1 Å². The number of ether oxygens (including phenoxy) is 2. The van der Waals surface area contributed by atoms with Crippen molar-refractivity contribution >= 4 is 33.4 Å². The van der Waals surface area contributed by atoms with Crippen molar-refractivity contribution in [1.29, 1.82) is 0 Å². The summed E-state index contributed by atoms with van der Waals surface area (Å²) in [5, 5.41) is 1.73. The van der Waals surface area contributed by atoms with E-state index >= 15 is 0 Å². The molecular formula is C22H21NO7S2. The van der Waals surface area contributed by atoms with E-state index in [4.69, 9.17) is 13.7 Å². The van der Waals surface area contributed by atoms with Gasteiger partial charge in [-0.05, 0) is 50.1 Å². The third-order valence-corrected chi connectivity index (χ3v) is 6.52. The van der Waals surface area contributed by atoms with Crippen LogP contribution in [0.15, 0.2) is 52.7 Å². The number of esters is 2. The molecule has 1 heterocycles. The summed E-state index contributed by atoms with van der Waals surface area (Å²) in [6.07, 6.45) is 0. The van der Waals surface area contributed by atoms with Crippen LogP contribution in [0.1, 0.15) is 43.9 Å². The molecule has 10 heteroatoms. The van der Waals surface area contributed by atoms with Crippen LogP contribution in [-0.4, -0.2) is 31.9 Å². The maximum absolute atomic E-state index is 12.8. The van der Waals surface area contributed by atoms with Crippen molar-refractivity contribution in [2.45, 2.75) is 32.3 Å². The van der Waals surface area contributed by atoms with Crippen LogP contribution in [0.4, 0.5) is 0 Å². The second kappa shape index (κ2) is 9.92. The SMILES string of the molecule is CCOC(=O)c1nc(COC(=O)c2ccccc2OS(=O)(=O)c2cc(C)ccc2C)cs1. The van der Waals surface area contributed by atoms with Gasteiger partial charge in [-0.3, -0.25) is 0 Å². The van der Waals surface area contributed by atoms with Crippen molar-refractivity contribution in [3.05, 3.63) is 75.2 Å². The largest absolute Gasteiger partial charge is 0.461 e. The van der Waals surface area contributed by atoms with E-state index in [0.29, 0.717) is 11.3 Å². The molecule has 8 nitrogen and oxygen atoms in total. The van der Waals surface area contributed by atoms with E-state index in [0.717, 1.165) is 16.9 Å². The van der Waals surface area contributed by atoms with Crippen LogP contribution in [0.2, 0.25) is 0 Å². The number of thiazole rings is 1. The van der Waals surface area contributed by atoms with Crippen LogP contribution in [-0.2, 0) is 26.2 Å². The molecule has 3 rings (SSSR count). The fourth-order valence-electron chi connectivity index (χ4n) is 2.72. The van der Waals surface area contributed by atoms with Gasteiger partial charge in [0, 0.05) is 5.38 Å². The molecule has 32 heavy (non-hydrogen) atoms. The van der Waals surface area contributed by atoms with Crippen molar-refractivity contribution in [1.82, 2.24) is 4.98 Å². The molecule has 0 amide bonds. The van der Waals surface area contributed by atoms with Gasteiger partial charge in [-0.25, -0.2) is 14.6 Å². The zero-order valence-electron chi connectivity index (χ0n) is 17.7. The van der Waals surface area contributed by atoms with Gasteiger partial charge in [-0.1, -0.05) is 24.3 Å². The highest BCUT2D eigenvalue weighted by Gasteiger charge is 2.23. The molecule has 0 spiro atoms. The van der Waals surface area contributed by atoms with E-state index in [1.807, 2.05) is 0 Å². The normalized spacial score (nSPS) is 11.1. The number of hydrogen-bond acceptors (Lipinski definition) is 9. The number of carbonyl (C=O) groups excluding carboxylic acids is 2. The zero-order valence-corrected chi connectivity index (χ0v) is 19.3. The molecule has 0 radical (unpaired) electrons. The molecular weight excluding hydrogens is 454 g/mol. The number of nitrogens with zero attached hydrogens (tertiary/aromatic N) is 1. The Hall–Kier alpha value is -3.24. The Balaban J connectivity index is 1.75. The molecule has 0 N–H and O–H groups in total. The standard InChI is InChI=1S/C22H21NO7S2/c1-4-28-22(25)20-23-16(13-31-20)12-29-21(24)17-7-5-6-8-18(17)30-32(26,27)19-11-14(2)9-10-15(19)3/h5-11,13H,4,12H2,1-3H3. The maximum Gasteiger partial charge on any atom is 0.367 e. The number of aryl methyl sites for hydroxylation is 2. The smallest absolute Gasteiger partial charge is 0.367 e. The first-order chi connectivity index (χ1) is 15.2. The molecule has 0 unspecified atom stereocenters. The second-order valence-electron chi connectivity index (χ2n) is 6.74. The highest BCUT2D eigenvalue weighted by Crippen LogP contribution is 2.26. The van der Waals surface area contributed by atoms with Gasteiger partial charge in [0.05, 0.1) is 12.3 Å². The third kappa shape index (κ3) is 5.51. The summed E-state index contributed by atoms with van der Waals surface area (Å²) in [4.78, 5) is 28.4. The minimum Gasteiger partial charge on any atom is -0.461 e. The first-order valence-corrected chi connectivity index (χ1v) is 11.9. The van der Waals surface area contributed by atoms with E-state index < -0.39 is 22.1 Å². The lowest BCUT2D eigenvalue weighted by Gasteiger charge is -2.13. The quantitative estimate of drug-likeness (QED) is 0.354. The van der Waals surface area contributed by atoms with E-state index in [9.17, 15) is 18.0 Å². The molecule has 0 bridgehead atoms. The van der Waals surface area contributed by atoms with E-state index in [2.05, 4.69) is 4.98 Å². The molecule has 1 aromatic heterocycles. The Bertz CT molecular complexity index is 1250. The van der Waals surface area contributed by atoms with Crippen molar-refractivity contribution in [2.75, 3.05) is 6.61 Å².